The molecule has 164 valence electrons. The fraction of sp³-hybridized carbons (Fsp3) is 0.500. The average Bonchev–Trinajstić information content (AvgIpc) is 2.65. The zero-order valence-corrected chi connectivity index (χ0v) is 18.9. The third-order valence-electron chi connectivity index (χ3n) is 5.32. The van der Waals surface area contributed by atoms with Gasteiger partial charge in [-0.3, -0.25) is 0 Å². The second-order valence-corrected chi connectivity index (χ2v) is 8.83. The van der Waals surface area contributed by atoms with E-state index in [1.165, 1.54) is 5.56 Å². The number of carboxylic acids is 1. The van der Waals surface area contributed by atoms with Crippen molar-refractivity contribution in [3.8, 4) is 0 Å². The Morgan fingerprint density at radius 3 is 2.40 bits per heavy atom. The molecule has 1 aliphatic heterocycles. The predicted octanol–water partition coefficient (Wildman–Crippen LogP) is 3.95. The van der Waals surface area contributed by atoms with Crippen molar-refractivity contribution in [3.05, 3.63) is 58.4 Å². The molecule has 2 rings (SSSR count). The summed E-state index contributed by atoms with van der Waals surface area (Å²) in [5.74, 6) is -1.98. The molecule has 0 saturated heterocycles. The van der Waals surface area contributed by atoms with Gasteiger partial charge in [0.1, 0.15) is 0 Å². The lowest BCUT2D eigenvalue weighted by molar-refractivity contribution is -0.143. The average molecular weight is 415 g/mol. The van der Waals surface area contributed by atoms with Crippen LogP contribution in [0.1, 0.15) is 46.6 Å². The maximum absolute atomic E-state index is 12.9. The topological polar surface area (TPSA) is 78.9 Å². The van der Waals surface area contributed by atoms with Crippen molar-refractivity contribution in [1.82, 2.24) is 10.2 Å². The third-order valence-corrected chi connectivity index (χ3v) is 5.32. The van der Waals surface area contributed by atoms with Crippen LogP contribution in [0, 0.1) is 11.3 Å². The fourth-order valence-corrected chi connectivity index (χ4v) is 4.08. The van der Waals surface area contributed by atoms with Crippen molar-refractivity contribution in [1.29, 1.82) is 0 Å². The Labute approximate surface area is 179 Å². The van der Waals surface area contributed by atoms with Gasteiger partial charge in [-0.2, -0.15) is 0 Å². The van der Waals surface area contributed by atoms with E-state index < -0.39 is 17.9 Å². The molecule has 2 N–H and O–H groups in total. The monoisotopic (exact) mass is 414 g/mol. The lowest BCUT2D eigenvalue weighted by Crippen LogP contribution is -2.37. The second-order valence-electron chi connectivity index (χ2n) is 8.83. The van der Waals surface area contributed by atoms with Crippen molar-refractivity contribution < 1.29 is 19.4 Å². The Balaban J connectivity index is 2.00. The van der Waals surface area contributed by atoms with Crippen LogP contribution >= 0.6 is 0 Å². The highest BCUT2D eigenvalue weighted by Crippen LogP contribution is 2.32. The van der Waals surface area contributed by atoms with Gasteiger partial charge >= 0.3 is 11.9 Å². The standard InChI is InChI=1S/C24H34N2O4/c1-7-19-21(22(27)28)16(2)20(17(3)25-19)23(29)30-15-24(4,5)14-26(6)13-18-11-9-8-10-12-18/h8-12,16,25H,7,13-15H2,1-6H3,(H,27,28). The summed E-state index contributed by atoms with van der Waals surface area (Å²) in [6.45, 7) is 11.4. The number of dihydropyridines is 1. The molecule has 6 heteroatoms. The Morgan fingerprint density at radius 2 is 1.83 bits per heavy atom. The van der Waals surface area contributed by atoms with Gasteiger partial charge in [-0.1, -0.05) is 58.0 Å². The minimum Gasteiger partial charge on any atom is -0.478 e. The van der Waals surface area contributed by atoms with E-state index in [0.29, 0.717) is 23.4 Å². The van der Waals surface area contributed by atoms with Crippen molar-refractivity contribution in [2.24, 2.45) is 11.3 Å². The molecule has 0 aliphatic carbocycles. The highest BCUT2D eigenvalue weighted by molar-refractivity contribution is 5.97. The van der Waals surface area contributed by atoms with Gasteiger partial charge in [0, 0.05) is 35.8 Å². The van der Waals surface area contributed by atoms with Crippen LogP contribution in [0.15, 0.2) is 52.9 Å². The lowest BCUT2D eigenvalue weighted by Gasteiger charge is -2.31. The summed E-state index contributed by atoms with van der Waals surface area (Å²) in [6, 6.07) is 10.2. The molecule has 30 heavy (non-hydrogen) atoms. The molecule has 1 atom stereocenters. The lowest BCUT2D eigenvalue weighted by atomic mass is 9.86. The Hall–Kier alpha value is -2.60. The zero-order valence-electron chi connectivity index (χ0n) is 18.9. The summed E-state index contributed by atoms with van der Waals surface area (Å²) in [6.07, 6.45) is 0.562. The van der Waals surface area contributed by atoms with Gasteiger partial charge < -0.3 is 20.1 Å². The van der Waals surface area contributed by atoms with Crippen LogP contribution in [-0.4, -0.2) is 42.1 Å². The van der Waals surface area contributed by atoms with Gasteiger partial charge in [0.2, 0.25) is 0 Å². The number of nitrogens with one attached hydrogen (secondary N) is 1. The quantitative estimate of drug-likeness (QED) is 0.596. The first-order chi connectivity index (χ1) is 14.1. The number of carbonyl (C=O) groups is 2. The van der Waals surface area contributed by atoms with Gasteiger partial charge in [-0.25, -0.2) is 9.59 Å². The fourth-order valence-electron chi connectivity index (χ4n) is 4.08. The molecule has 1 heterocycles. The Bertz CT molecular complexity index is 840. The van der Waals surface area contributed by atoms with Crippen LogP contribution in [0.25, 0.3) is 0 Å². The molecule has 0 radical (unpaired) electrons. The summed E-state index contributed by atoms with van der Waals surface area (Å²) < 4.78 is 5.66. The minimum absolute atomic E-state index is 0.233. The van der Waals surface area contributed by atoms with E-state index in [-0.39, 0.29) is 17.6 Å². The third kappa shape index (κ3) is 5.95. The van der Waals surface area contributed by atoms with Gasteiger partial charge in [0.05, 0.1) is 17.8 Å². The number of aliphatic carboxylic acids is 1. The van der Waals surface area contributed by atoms with E-state index in [0.717, 1.165) is 13.1 Å². The first kappa shape index (κ1) is 23.7. The van der Waals surface area contributed by atoms with Crippen molar-refractivity contribution in [3.63, 3.8) is 0 Å². The van der Waals surface area contributed by atoms with Gasteiger partial charge in [0.15, 0.2) is 0 Å². The summed E-state index contributed by atoms with van der Waals surface area (Å²) in [7, 11) is 2.05. The van der Waals surface area contributed by atoms with E-state index in [1.807, 2.05) is 32.2 Å². The number of benzene rings is 1. The summed E-state index contributed by atoms with van der Waals surface area (Å²) in [5, 5.41) is 12.7. The van der Waals surface area contributed by atoms with E-state index >= 15 is 0 Å². The molecule has 0 amide bonds. The number of hydrogen-bond acceptors (Lipinski definition) is 5. The number of esters is 1. The Morgan fingerprint density at radius 1 is 1.20 bits per heavy atom. The molecule has 1 unspecified atom stereocenters. The number of hydrogen-bond donors (Lipinski definition) is 2. The number of rotatable bonds is 9. The van der Waals surface area contributed by atoms with Crippen LogP contribution in [0.4, 0.5) is 0 Å². The number of carboxylic acid groups (broad SMARTS) is 1. The Kier molecular flexibility index (Phi) is 7.84. The molecular formula is C24H34N2O4. The SMILES string of the molecule is CCC1=C(C(=O)O)C(C)C(C(=O)OCC(C)(C)CN(C)Cc2ccccc2)=C(C)N1. The highest BCUT2D eigenvalue weighted by Gasteiger charge is 2.34. The number of allylic oxidation sites excluding steroid dienone is 2. The largest absolute Gasteiger partial charge is 0.478 e. The van der Waals surface area contributed by atoms with Gasteiger partial charge in [-0.05, 0) is 26.0 Å². The van der Waals surface area contributed by atoms with E-state index in [9.17, 15) is 14.7 Å². The van der Waals surface area contributed by atoms with Crippen LogP contribution in [0.2, 0.25) is 0 Å². The molecule has 1 aliphatic rings. The number of carbonyl (C=O) groups excluding carboxylic acids is 1. The predicted molar refractivity (Wildman–Crippen MR) is 117 cm³/mol. The van der Waals surface area contributed by atoms with Crippen LogP contribution in [0.3, 0.4) is 0 Å². The van der Waals surface area contributed by atoms with E-state index in [4.69, 9.17) is 4.74 Å². The zero-order chi connectivity index (χ0) is 22.5. The van der Waals surface area contributed by atoms with Crippen LogP contribution in [0.5, 0.6) is 0 Å². The minimum atomic E-state index is -1.01. The second kappa shape index (κ2) is 9.94. The normalized spacial score (nSPS) is 17.2. The maximum atomic E-state index is 12.9. The van der Waals surface area contributed by atoms with E-state index in [1.54, 1.807) is 13.8 Å². The number of nitrogens with zero attached hydrogens (tertiary/aromatic N) is 1. The van der Waals surface area contributed by atoms with Gasteiger partial charge in [0.25, 0.3) is 0 Å². The van der Waals surface area contributed by atoms with E-state index in [2.05, 4.69) is 36.2 Å². The molecular weight excluding hydrogens is 380 g/mol. The first-order valence-electron chi connectivity index (χ1n) is 10.4. The molecule has 0 bridgehead atoms. The van der Waals surface area contributed by atoms with Crippen LogP contribution < -0.4 is 5.32 Å². The molecule has 0 fully saturated rings. The molecule has 0 aromatic heterocycles. The molecule has 6 nitrogen and oxygen atoms in total. The molecule has 0 saturated carbocycles. The number of ether oxygens (including phenoxy) is 1. The van der Waals surface area contributed by atoms with Crippen molar-refractivity contribution in [2.75, 3.05) is 20.2 Å². The summed E-state index contributed by atoms with van der Waals surface area (Å²) in [4.78, 5) is 26.8. The molecule has 1 aromatic rings. The summed E-state index contributed by atoms with van der Waals surface area (Å²) >= 11 is 0. The highest BCUT2D eigenvalue weighted by atomic mass is 16.5. The van der Waals surface area contributed by atoms with Crippen LogP contribution in [-0.2, 0) is 20.9 Å². The maximum Gasteiger partial charge on any atom is 0.336 e. The first-order valence-corrected chi connectivity index (χ1v) is 10.4. The summed E-state index contributed by atoms with van der Waals surface area (Å²) in [5.41, 5.74) is 2.91. The molecule has 0 spiro atoms. The smallest absolute Gasteiger partial charge is 0.336 e. The van der Waals surface area contributed by atoms with Crippen molar-refractivity contribution in [2.45, 2.75) is 47.6 Å². The van der Waals surface area contributed by atoms with Crippen molar-refractivity contribution >= 4 is 11.9 Å². The van der Waals surface area contributed by atoms with Gasteiger partial charge in [-0.15, -0.1) is 0 Å². The molecule has 1 aromatic carbocycles.